The van der Waals surface area contributed by atoms with Crippen molar-refractivity contribution in [2.45, 2.75) is 51.2 Å². The van der Waals surface area contributed by atoms with Gasteiger partial charge in [-0.2, -0.15) is 0 Å². The molecule has 0 aromatic rings. The molecule has 2 heteroatoms. The Morgan fingerprint density at radius 2 is 2.15 bits per heavy atom. The van der Waals surface area contributed by atoms with Crippen LogP contribution in [-0.4, -0.2) is 35.2 Å². The molecule has 3 atom stereocenters. The minimum Gasteiger partial charge on any atom is -0.392 e. The topological polar surface area (TPSA) is 23.5 Å². The van der Waals surface area contributed by atoms with Gasteiger partial charge in [-0.1, -0.05) is 19.8 Å². The van der Waals surface area contributed by atoms with Crippen LogP contribution >= 0.6 is 0 Å². The van der Waals surface area contributed by atoms with Crippen molar-refractivity contribution in [3.63, 3.8) is 0 Å². The molecule has 2 unspecified atom stereocenters. The smallest absolute Gasteiger partial charge is 0.0664 e. The van der Waals surface area contributed by atoms with Crippen molar-refractivity contribution < 1.29 is 5.11 Å². The molecular formula is C11H21NO. The van der Waals surface area contributed by atoms with E-state index in [2.05, 4.69) is 11.8 Å². The van der Waals surface area contributed by atoms with Gasteiger partial charge in [-0.3, -0.25) is 4.90 Å². The zero-order chi connectivity index (χ0) is 9.26. The van der Waals surface area contributed by atoms with E-state index in [1.165, 1.54) is 32.2 Å². The Labute approximate surface area is 80.9 Å². The Hall–Kier alpha value is -0.0800. The maximum atomic E-state index is 9.54. The molecule has 2 fully saturated rings. The summed E-state index contributed by atoms with van der Waals surface area (Å²) in [5.41, 5.74) is 0. The monoisotopic (exact) mass is 183 g/mol. The summed E-state index contributed by atoms with van der Waals surface area (Å²) in [5.74, 6) is 0.970. The van der Waals surface area contributed by atoms with Gasteiger partial charge in [0.25, 0.3) is 0 Å². The van der Waals surface area contributed by atoms with Crippen molar-refractivity contribution in [2.75, 3.05) is 13.1 Å². The first-order valence-corrected chi connectivity index (χ1v) is 5.73. The summed E-state index contributed by atoms with van der Waals surface area (Å²) in [4.78, 5) is 2.48. The lowest BCUT2D eigenvalue weighted by Crippen LogP contribution is -2.59. The molecule has 1 N–H and O–H groups in total. The number of hydrogen-bond acceptors (Lipinski definition) is 2. The number of nitrogens with zero attached hydrogens (tertiary/aromatic N) is 1. The first-order chi connectivity index (χ1) is 6.31. The van der Waals surface area contributed by atoms with Crippen LogP contribution < -0.4 is 0 Å². The van der Waals surface area contributed by atoms with Gasteiger partial charge in [-0.15, -0.1) is 0 Å². The molecule has 2 nitrogen and oxygen atoms in total. The summed E-state index contributed by atoms with van der Waals surface area (Å²) in [5, 5.41) is 9.54. The van der Waals surface area contributed by atoms with Crippen LogP contribution in [0.15, 0.2) is 0 Å². The van der Waals surface area contributed by atoms with E-state index in [1.807, 2.05) is 0 Å². The van der Waals surface area contributed by atoms with E-state index in [-0.39, 0.29) is 6.10 Å². The standard InChI is InChI=1S/C11H21NO/c1-2-10(13)8-12-7-9-5-3-4-6-11(9)12/h9-11,13H,2-8H2,1H3/t9?,10-,11?/m1/s1. The lowest BCUT2D eigenvalue weighted by Gasteiger charge is -2.51. The van der Waals surface area contributed by atoms with Gasteiger partial charge in [-0.25, -0.2) is 0 Å². The van der Waals surface area contributed by atoms with Crippen LogP contribution in [0, 0.1) is 5.92 Å². The quantitative estimate of drug-likeness (QED) is 0.719. The molecule has 76 valence electrons. The second-order valence-electron chi connectivity index (χ2n) is 4.63. The SMILES string of the molecule is CC[C@@H](O)CN1CC2CCCCC21. The molecule has 1 saturated carbocycles. The summed E-state index contributed by atoms with van der Waals surface area (Å²) in [6.07, 6.45) is 6.45. The zero-order valence-corrected chi connectivity index (χ0v) is 8.58. The summed E-state index contributed by atoms with van der Waals surface area (Å²) in [6.45, 7) is 4.22. The number of fused-ring (bicyclic) bond motifs is 1. The Morgan fingerprint density at radius 3 is 2.85 bits per heavy atom. The number of β-amino-alcohol motifs (C(OH)–C–C–N with tert-alkyl or cyclic N) is 1. The van der Waals surface area contributed by atoms with Crippen LogP contribution in [0.4, 0.5) is 0 Å². The van der Waals surface area contributed by atoms with Crippen LogP contribution in [0.25, 0.3) is 0 Å². The third-order valence-corrected chi connectivity index (χ3v) is 3.72. The average molecular weight is 183 g/mol. The molecular weight excluding hydrogens is 162 g/mol. The van der Waals surface area contributed by atoms with Crippen LogP contribution in [0.1, 0.15) is 39.0 Å². The van der Waals surface area contributed by atoms with E-state index in [4.69, 9.17) is 0 Å². The van der Waals surface area contributed by atoms with Crippen molar-refractivity contribution in [3.05, 3.63) is 0 Å². The second-order valence-corrected chi connectivity index (χ2v) is 4.63. The van der Waals surface area contributed by atoms with Crippen LogP contribution in [0.3, 0.4) is 0 Å². The number of rotatable bonds is 3. The molecule has 13 heavy (non-hydrogen) atoms. The maximum Gasteiger partial charge on any atom is 0.0664 e. The molecule has 0 aromatic heterocycles. The van der Waals surface area contributed by atoms with Gasteiger partial charge in [0.15, 0.2) is 0 Å². The van der Waals surface area contributed by atoms with Gasteiger partial charge in [0, 0.05) is 19.1 Å². The van der Waals surface area contributed by atoms with Crippen molar-refractivity contribution >= 4 is 0 Å². The molecule has 0 radical (unpaired) electrons. The Balaban J connectivity index is 1.77. The third kappa shape index (κ3) is 1.89. The zero-order valence-electron chi connectivity index (χ0n) is 8.58. The Morgan fingerprint density at radius 1 is 1.38 bits per heavy atom. The Bertz CT molecular complexity index is 171. The molecule has 1 saturated heterocycles. The predicted octanol–water partition coefficient (Wildman–Crippen LogP) is 1.63. The fourth-order valence-electron chi connectivity index (χ4n) is 2.79. The summed E-state index contributed by atoms with van der Waals surface area (Å²) in [6, 6.07) is 0.829. The summed E-state index contributed by atoms with van der Waals surface area (Å²) >= 11 is 0. The minimum absolute atomic E-state index is 0.0946. The van der Waals surface area contributed by atoms with Gasteiger partial charge in [0.05, 0.1) is 6.10 Å². The molecule has 0 aromatic carbocycles. The highest BCUT2D eigenvalue weighted by molar-refractivity contribution is 4.94. The first-order valence-electron chi connectivity index (χ1n) is 5.73. The van der Waals surface area contributed by atoms with Gasteiger partial charge in [-0.05, 0) is 25.2 Å². The minimum atomic E-state index is -0.0946. The highest BCUT2D eigenvalue weighted by Gasteiger charge is 2.40. The van der Waals surface area contributed by atoms with Crippen LogP contribution in [0.2, 0.25) is 0 Å². The number of aliphatic hydroxyl groups excluding tert-OH is 1. The summed E-state index contributed by atoms with van der Waals surface area (Å²) < 4.78 is 0. The van der Waals surface area contributed by atoms with E-state index >= 15 is 0 Å². The molecule has 1 aliphatic carbocycles. The maximum absolute atomic E-state index is 9.54. The van der Waals surface area contributed by atoms with Gasteiger partial charge >= 0.3 is 0 Å². The van der Waals surface area contributed by atoms with Crippen molar-refractivity contribution in [2.24, 2.45) is 5.92 Å². The highest BCUT2D eigenvalue weighted by Crippen LogP contribution is 2.36. The van der Waals surface area contributed by atoms with E-state index in [1.54, 1.807) is 0 Å². The first kappa shape index (κ1) is 9.47. The van der Waals surface area contributed by atoms with Gasteiger partial charge in [0.2, 0.25) is 0 Å². The Kier molecular flexibility index (Phi) is 2.89. The third-order valence-electron chi connectivity index (χ3n) is 3.72. The average Bonchev–Trinajstić information content (AvgIpc) is 2.14. The van der Waals surface area contributed by atoms with E-state index in [9.17, 15) is 5.11 Å². The fourth-order valence-corrected chi connectivity index (χ4v) is 2.79. The predicted molar refractivity (Wildman–Crippen MR) is 53.6 cm³/mol. The normalized spacial score (nSPS) is 36.5. The second kappa shape index (κ2) is 3.97. The largest absolute Gasteiger partial charge is 0.392 e. The lowest BCUT2D eigenvalue weighted by atomic mass is 9.77. The lowest BCUT2D eigenvalue weighted by molar-refractivity contribution is -0.0417. The van der Waals surface area contributed by atoms with E-state index in [0.29, 0.717) is 0 Å². The molecule has 1 heterocycles. The van der Waals surface area contributed by atoms with Gasteiger partial charge in [0.1, 0.15) is 0 Å². The molecule has 1 aliphatic heterocycles. The molecule has 2 rings (SSSR count). The highest BCUT2D eigenvalue weighted by atomic mass is 16.3. The number of hydrogen-bond donors (Lipinski definition) is 1. The van der Waals surface area contributed by atoms with Crippen LogP contribution in [0.5, 0.6) is 0 Å². The van der Waals surface area contributed by atoms with Crippen molar-refractivity contribution in [1.82, 2.24) is 4.90 Å². The van der Waals surface area contributed by atoms with Gasteiger partial charge < -0.3 is 5.11 Å². The fraction of sp³-hybridized carbons (Fsp3) is 1.00. The van der Waals surface area contributed by atoms with Crippen molar-refractivity contribution in [3.8, 4) is 0 Å². The molecule has 0 bridgehead atoms. The van der Waals surface area contributed by atoms with Crippen molar-refractivity contribution in [1.29, 1.82) is 0 Å². The molecule has 2 aliphatic rings. The number of aliphatic hydroxyl groups is 1. The molecule has 0 spiro atoms. The number of likely N-dealkylation sites (tertiary alicyclic amines) is 1. The van der Waals surface area contributed by atoms with E-state index < -0.39 is 0 Å². The summed E-state index contributed by atoms with van der Waals surface area (Å²) in [7, 11) is 0. The molecule has 0 amide bonds. The van der Waals surface area contributed by atoms with Crippen LogP contribution in [-0.2, 0) is 0 Å². The van der Waals surface area contributed by atoms with E-state index in [0.717, 1.165) is 24.9 Å².